The molecule has 1 aliphatic heterocycles. The summed E-state index contributed by atoms with van der Waals surface area (Å²) in [5.41, 5.74) is 3.21. The maximum atomic E-state index is 13.5. The zero-order valence-corrected chi connectivity index (χ0v) is 19.0. The van der Waals surface area contributed by atoms with Gasteiger partial charge in [-0.25, -0.2) is 12.8 Å². The van der Waals surface area contributed by atoms with Crippen LogP contribution in [0.15, 0.2) is 53.4 Å². The van der Waals surface area contributed by atoms with E-state index in [9.17, 15) is 17.6 Å². The molecule has 1 atom stereocenters. The lowest BCUT2D eigenvalue weighted by Crippen LogP contribution is -2.31. The van der Waals surface area contributed by atoms with Gasteiger partial charge in [0, 0.05) is 6.54 Å². The second-order valence-corrected chi connectivity index (χ2v) is 9.75. The first-order valence-electron chi connectivity index (χ1n) is 10.4. The van der Waals surface area contributed by atoms with E-state index in [0.29, 0.717) is 30.0 Å². The molecule has 2 heterocycles. The molecule has 2 aromatic carbocycles. The fraction of sp³-hybridized carbons (Fsp3) is 0.304. The number of anilines is 1. The van der Waals surface area contributed by atoms with Crippen molar-refractivity contribution >= 4 is 21.6 Å². The molecule has 1 aliphatic rings. The predicted molar refractivity (Wildman–Crippen MR) is 119 cm³/mol. The summed E-state index contributed by atoms with van der Waals surface area (Å²) >= 11 is 0. The number of nitrogens with one attached hydrogen (secondary N) is 1. The van der Waals surface area contributed by atoms with Crippen LogP contribution in [0.4, 0.5) is 10.1 Å². The number of para-hydroxylation sites is 1. The molecule has 0 aliphatic carbocycles. The molecule has 32 heavy (non-hydrogen) atoms. The summed E-state index contributed by atoms with van der Waals surface area (Å²) in [4.78, 5) is 12.7. The van der Waals surface area contributed by atoms with Gasteiger partial charge in [-0.15, -0.1) is 0 Å². The Morgan fingerprint density at radius 3 is 2.56 bits per heavy atom. The van der Waals surface area contributed by atoms with Crippen molar-refractivity contribution < 1.29 is 17.6 Å². The predicted octanol–water partition coefficient (Wildman–Crippen LogP) is 3.27. The van der Waals surface area contributed by atoms with E-state index in [0.717, 1.165) is 11.1 Å². The number of aromatic nitrogens is 2. The Morgan fingerprint density at radius 2 is 1.84 bits per heavy atom. The molecule has 1 unspecified atom stereocenters. The van der Waals surface area contributed by atoms with E-state index in [1.54, 1.807) is 39.0 Å². The number of carbonyl (C=O) groups excluding carboxylic acids is 1. The highest BCUT2D eigenvalue weighted by Crippen LogP contribution is 2.34. The smallest absolute Gasteiger partial charge is 0.268 e. The quantitative estimate of drug-likeness (QED) is 0.617. The maximum absolute atomic E-state index is 13.5. The van der Waals surface area contributed by atoms with Crippen LogP contribution in [0.5, 0.6) is 0 Å². The van der Waals surface area contributed by atoms with Crippen molar-refractivity contribution in [2.75, 3.05) is 10.8 Å². The van der Waals surface area contributed by atoms with Gasteiger partial charge in [-0.3, -0.25) is 13.8 Å². The van der Waals surface area contributed by atoms with Gasteiger partial charge in [-0.2, -0.15) is 5.10 Å². The van der Waals surface area contributed by atoms with Gasteiger partial charge in [0.15, 0.2) is 0 Å². The molecule has 3 aromatic rings. The number of fused-ring (bicyclic) bond motifs is 1. The van der Waals surface area contributed by atoms with Gasteiger partial charge >= 0.3 is 0 Å². The molecule has 0 fully saturated rings. The number of aryl methyl sites for hydroxylation is 1. The Hall–Kier alpha value is -3.20. The van der Waals surface area contributed by atoms with Crippen molar-refractivity contribution in [2.24, 2.45) is 0 Å². The average molecular weight is 457 g/mol. The van der Waals surface area contributed by atoms with Gasteiger partial charge in [0.05, 0.1) is 23.1 Å². The zero-order chi connectivity index (χ0) is 23.0. The Labute approximate surface area is 186 Å². The molecule has 0 bridgehead atoms. The summed E-state index contributed by atoms with van der Waals surface area (Å²) in [6.07, 6.45) is 0.658. The second-order valence-electron chi connectivity index (χ2n) is 7.95. The number of rotatable bonds is 6. The lowest BCUT2D eigenvalue weighted by molar-refractivity contribution is -0.122. The summed E-state index contributed by atoms with van der Waals surface area (Å²) in [6, 6.07) is 13.0. The Bertz CT molecular complexity index is 1270. The number of benzene rings is 2. The highest BCUT2D eigenvalue weighted by Gasteiger charge is 2.35. The fourth-order valence-corrected chi connectivity index (χ4v) is 6.02. The van der Waals surface area contributed by atoms with Crippen molar-refractivity contribution in [3.63, 3.8) is 0 Å². The van der Waals surface area contributed by atoms with Crippen LogP contribution in [-0.2, 0) is 27.8 Å². The van der Waals surface area contributed by atoms with Gasteiger partial charge in [0.1, 0.15) is 17.3 Å². The first-order valence-corrected chi connectivity index (χ1v) is 11.8. The number of nitrogens with zero attached hydrogens (tertiary/aromatic N) is 3. The highest BCUT2D eigenvalue weighted by molar-refractivity contribution is 7.93. The molecule has 7 nitrogen and oxygen atoms in total. The third kappa shape index (κ3) is 4.00. The van der Waals surface area contributed by atoms with Gasteiger partial charge < -0.3 is 5.32 Å². The molecule has 9 heteroatoms. The average Bonchev–Trinajstić information content (AvgIpc) is 3.30. The molecule has 168 valence electrons. The Morgan fingerprint density at radius 1 is 1.16 bits per heavy atom. The number of hydrogen-bond donors (Lipinski definition) is 1. The number of sulfonamides is 1. The lowest BCUT2D eigenvalue weighted by Gasteiger charge is -2.20. The van der Waals surface area contributed by atoms with E-state index < -0.39 is 10.0 Å². The Balaban J connectivity index is 1.54. The summed E-state index contributed by atoms with van der Waals surface area (Å²) in [5.74, 6) is -0.660. The van der Waals surface area contributed by atoms with Crippen molar-refractivity contribution in [1.29, 1.82) is 0 Å². The number of halogens is 1. The molecule has 1 aromatic heterocycles. The molecule has 0 saturated heterocycles. The van der Waals surface area contributed by atoms with E-state index in [2.05, 4.69) is 10.4 Å². The summed E-state index contributed by atoms with van der Waals surface area (Å²) < 4.78 is 42.9. The van der Waals surface area contributed by atoms with Gasteiger partial charge in [0.2, 0.25) is 5.91 Å². The van der Waals surface area contributed by atoms with Crippen molar-refractivity contribution in [2.45, 2.75) is 44.7 Å². The van der Waals surface area contributed by atoms with Crippen LogP contribution in [0.3, 0.4) is 0 Å². The topological polar surface area (TPSA) is 84.3 Å². The molecular formula is C23H25FN4O3S. The number of amides is 1. The summed E-state index contributed by atoms with van der Waals surface area (Å²) in [7, 11) is -3.82. The minimum absolute atomic E-state index is 0.121. The van der Waals surface area contributed by atoms with Crippen molar-refractivity contribution in [1.82, 2.24) is 15.1 Å². The first-order chi connectivity index (χ1) is 15.2. The monoisotopic (exact) mass is 456 g/mol. The minimum Gasteiger partial charge on any atom is -0.348 e. The van der Waals surface area contributed by atoms with Crippen LogP contribution in [0.25, 0.3) is 0 Å². The number of carbonyl (C=O) groups is 1. The normalized spacial score (nSPS) is 14.3. The van der Waals surface area contributed by atoms with Crippen LogP contribution in [0, 0.1) is 19.7 Å². The van der Waals surface area contributed by atoms with E-state index in [4.69, 9.17) is 0 Å². The second kappa shape index (κ2) is 8.38. The van der Waals surface area contributed by atoms with Crippen LogP contribution in [-0.4, -0.2) is 30.7 Å². The van der Waals surface area contributed by atoms with Crippen molar-refractivity contribution in [3.05, 3.63) is 76.9 Å². The summed E-state index contributed by atoms with van der Waals surface area (Å²) in [5, 5.41) is 7.18. The molecule has 0 saturated carbocycles. The SMILES string of the molecule is Cc1nn(CC(=O)NC(C)c2ccc(F)cc2)c(C)c1S(=O)(=O)N1CCc2ccccc21. The zero-order valence-electron chi connectivity index (χ0n) is 18.2. The van der Waals surface area contributed by atoms with Gasteiger partial charge in [-0.05, 0) is 56.5 Å². The molecule has 0 radical (unpaired) electrons. The maximum Gasteiger partial charge on any atom is 0.268 e. The standard InChI is InChI=1S/C23H25FN4O3S/c1-15(18-8-10-20(24)11-9-18)25-22(29)14-27-17(3)23(16(2)26-27)32(30,31)28-13-12-19-6-4-5-7-21(19)28/h4-11,15H,12-14H2,1-3H3,(H,25,29). The molecular weight excluding hydrogens is 431 g/mol. The molecule has 1 N–H and O–H groups in total. The summed E-state index contributed by atoms with van der Waals surface area (Å²) in [6.45, 7) is 5.35. The molecule has 0 spiro atoms. The lowest BCUT2D eigenvalue weighted by atomic mass is 10.1. The van der Waals surface area contributed by atoms with E-state index in [1.807, 2.05) is 18.2 Å². The van der Waals surface area contributed by atoms with Crippen LogP contribution in [0.2, 0.25) is 0 Å². The highest BCUT2D eigenvalue weighted by atomic mass is 32.2. The molecule has 1 amide bonds. The van der Waals surface area contributed by atoms with E-state index in [-0.39, 0.29) is 29.2 Å². The third-order valence-corrected chi connectivity index (χ3v) is 7.81. The van der Waals surface area contributed by atoms with Crippen molar-refractivity contribution in [3.8, 4) is 0 Å². The third-order valence-electron chi connectivity index (χ3n) is 5.75. The molecule has 4 rings (SSSR count). The van der Waals surface area contributed by atoms with Crippen LogP contribution < -0.4 is 9.62 Å². The number of hydrogen-bond acceptors (Lipinski definition) is 4. The largest absolute Gasteiger partial charge is 0.348 e. The fourth-order valence-electron chi connectivity index (χ4n) is 4.13. The van der Waals surface area contributed by atoms with E-state index >= 15 is 0 Å². The van der Waals surface area contributed by atoms with Gasteiger partial charge in [-0.1, -0.05) is 30.3 Å². The van der Waals surface area contributed by atoms with Crippen LogP contribution in [0.1, 0.15) is 35.5 Å². The Kier molecular flexibility index (Phi) is 5.77. The van der Waals surface area contributed by atoms with Gasteiger partial charge in [0.25, 0.3) is 10.0 Å². The van der Waals surface area contributed by atoms with Crippen LogP contribution >= 0.6 is 0 Å². The van der Waals surface area contributed by atoms with E-state index in [1.165, 1.54) is 21.1 Å². The first kappa shape index (κ1) is 22.0. The minimum atomic E-state index is -3.82.